The number of nitrogens with one attached hydrogen (secondary N) is 1. The van der Waals surface area contributed by atoms with Gasteiger partial charge in [-0.15, -0.1) is 0 Å². The van der Waals surface area contributed by atoms with Crippen molar-refractivity contribution in [3.05, 3.63) is 5.56 Å². The van der Waals surface area contributed by atoms with Crippen LogP contribution in [0.2, 0.25) is 0 Å². The first-order valence-electron chi connectivity index (χ1n) is 6.93. The maximum absolute atomic E-state index is 11.9. The van der Waals surface area contributed by atoms with Crippen molar-refractivity contribution in [2.45, 2.75) is 50.6 Å². The summed E-state index contributed by atoms with van der Waals surface area (Å²) in [4.78, 5) is 11.9. The Balaban J connectivity index is 1.95. The van der Waals surface area contributed by atoms with Crippen LogP contribution in [0.3, 0.4) is 0 Å². The zero-order valence-electron chi connectivity index (χ0n) is 11.2. The maximum Gasteiger partial charge on any atom is 0.345 e. The Kier molecular flexibility index (Phi) is 3.08. The lowest BCUT2D eigenvalue weighted by Gasteiger charge is -2.11. The monoisotopic (exact) mass is 264 g/mol. The first-order chi connectivity index (χ1) is 9.20. The van der Waals surface area contributed by atoms with Gasteiger partial charge in [-0.2, -0.15) is 5.10 Å². The molecule has 1 aromatic heterocycles. The van der Waals surface area contributed by atoms with Crippen LogP contribution in [-0.4, -0.2) is 28.9 Å². The summed E-state index contributed by atoms with van der Waals surface area (Å²) in [5, 5.41) is 7.79. The van der Waals surface area contributed by atoms with Gasteiger partial charge in [0.15, 0.2) is 5.82 Å². The van der Waals surface area contributed by atoms with Crippen molar-refractivity contribution in [1.82, 2.24) is 9.78 Å². The molecule has 0 bridgehead atoms. The molecule has 3 rings (SSSR count). The van der Waals surface area contributed by atoms with Crippen LogP contribution < -0.4 is 11.1 Å². The van der Waals surface area contributed by atoms with E-state index in [1.54, 1.807) is 0 Å². The van der Waals surface area contributed by atoms with Gasteiger partial charge >= 0.3 is 5.97 Å². The second kappa shape index (κ2) is 4.75. The molecule has 1 heterocycles. The molecule has 6 heteroatoms. The summed E-state index contributed by atoms with van der Waals surface area (Å²) in [7, 11) is 1.37. The number of esters is 1. The SMILES string of the molecule is COC(=O)c1c(NC2CC2)nn(C2CCCC2)c1N. The highest BCUT2D eigenvalue weighted by atomic mass is 16.5. The molecule has 19 heavy (non-hydrogen) atoms. The summed E-state index contributed by atoms with van der Waals surface area (Å²) in [6, 6.07) is 0.743. The number of methoxy groups -OCH3 is 1. The molecule has 0 spiro atoms. The lowest BCUT2D eigenvalue weighted by atomic mass is 10.2. The lowest BCUT2D eigenvalue weighted by molar-refractivity contribution is 0.0603. The summed E-state index contributed by atoms with van der Waals surface area (Å²) in [6.07, 6.45) is 6.80. The minimum Gasteiger partial charge on any atom is -0.465 e. The van der Waals surface area contributed by atoms with Crippen molar-refractivity contribution in [3.8, 4) is 0 Å². The number of nitrogens with zero attached hydrogens (tertiary/aromatic N) is 2. The van der Waals surface area contributed by atoms with Gasteiger partial charge in [0.2, 0.25) is 0 Å². The number of rotatable bonds is 4. The molecule has 104 valence electrons. The molecule has 0 saturated heterocycles. The molecule has 0 aromatic carbocycles. The molecule has 0 amide bonds. The van der Waals surface area contributed by atoms with E-state index in [1.165, 1.54) is 20.0 Å². The number of aromatic nitrogens is 2. The number of anilines is 2. The second-order valence-corrected chi connectivity index (χ2v) is 5.40. The normalized spacial score (nSPS) is 19.6. The summed E-state index contributed by atoms with van der Waals surface area (Å²) < 4.78 is 6.63. The Bertz CT molecular complexity index is 487. The molecule has 0 unspecified atom stereocenters. The summed E-state index contributed by atoms with van der Waals surface area (Å²) >= 11 is 0. The van der Waals surface area contributed by atoms with E-state index >= 15 is 0 Å². The van der Waals surface area contributed by atoms with Crippen LogP contribution in [0.1, 0.15) is 54.9 Å². The number of nitrogens with two attached hydrogens (primary N) is 1. The molecule has 2 aliphatic carbocycles. The Morgan fingerprint density at radius 3 is 2.63 bits per heavy atom. The van der Waals surface area contributed by atoms with Crippen LogP contribution in [0.15, 0.2) is 0 Å². The fourth-order valence-corrected chi connectivity index (χ4v) is 2.70. The molecule has 6 nitrogen and oxygen atoms in total. The van der Waals surface area contributed by atoms with Crippen LogP contribution in [0.5, 0.6) is 0 Å². The minimum absolute atomic E-state index is 0.318. The maximum atomic E-state index is 11.9. The van der Waals surface area contributed by atoms with Crippen LogP contribution in [0.25, 0.3) is 0 Å². The number of carbonyl (C=O) groups is 1. The highest BCUT2D eigenvalue weighted by Gasteiger charge is 2.31. The molecule has 3 N–H and O–H groups in total. The van der Waals surface area contributed by atoms with Gasteiger partial charge in [-0.25, -0.2) is 9.48 Å². The fraction of sp³-hybridized carbons (Fsp3) is 0.692. The Morgan fingerprint density at radius 2 is 2.05 bits per heavy atom. The fourth-order valence-electron chi connectivity index (χ4n) is 2.70. The minimum atomic E-state index is -0.412. The number of hydrogen-bond donors (Lipinski definition) is 2. The van der Waals surface area contributed by atoms with Crippen molar-refractivity contribution in [2.75, 3.05) is 18.2 Å². The Labute approximate surface area is 112 Å². The van der Waals surface area contributed by atoms with Crippen molar-refractivity contribution in [3.63, 3.8) is 0 Å². The third kappa shape index (κ3) is 2.27. The van der Waals surface area contributed by atoms with E-state index in [1.807, 2.05) is 4.68 Å². The second-order valence-electron chi connectivity index (χ2n) is 5.40. The Morgan fingerprint density at radius 1 is 1.37 bits per heavy atom. The smallest absolute Gasteiger partial charge is 0.345 e. The van der Waals surface area contributed by atoms with Gasteiger partial charge in [0.1, 0.15) is 11.4 Å². The van der Waals surface area contributed by atoms with Gasteiger partial charge in [-0.05, 0) is 25.7 Å². The first kappa shape index (κ1) is 12.3. The van der Waals surface area contributed by atoms with Gasteiger partial charge in [-0.1, -0.05) is 12.8 Å². The van der Waals surface area contributed by atoms with E-state index in [9.17, 15) is 4.79 Å². The number of ether oxygens (including phenoxy) is 1. The van der Waals surface area contributed by atoms with E-state index in [0.717, 1.165) is 25.7 Å². The van der Waals surface area contributed by atoms with Crippen LogP contribution in [0, 0.1) is 0 Å². The number of nitrogen functional groups attached to an aromatic ring is 1. The average molecular weight is 264 g/mol. The standard InChI is InChI=1S/C13H20N4O2/c1-19-13(18)10-11(14)17(9-4-2-3-5-9)16-12(10)15-8-6-7-8/h8-9H,2-7,14H2,1H3,(H,15,16). The molecule has 2 aliphatic rings. The van der Waals surface area contributed by atoms with Crippen LogP contribution in [0.4, 0.5) is 11.6 Å². The molecule has 1 aromatic rings. The van der Waals surface area contributed by atoms with Crippen molar-refractivity contribution in [2.24, 2.45) is 0 Å². The predicted octanol–water partition coefficient (Wildman–Crippen LogP) is 1.94. The van der Waals surface area contributed by atoms with Gasteiger partial charge in [0, 0.05) is 6.04 Å². The van der Waals surface area contributed by atoms with E-state index in [0.29, 0.717) is 29.3 Å². The molecular weight excluding hydrogens is 244 g/mol. The molecule has 2 saturated carbocycles. The zero-order chi connectivity index (χ0) is 13.4. The van der Waals surface area contributed by atoms with Crippen LogP contribution >= 0.6 is 0 Å². The number of carbonyl (C=O) groups excluding carboxylic acids is 1. The zero-order valence-corrected chi connectivity index (χ0v) is 11.2. The number of hydrogen-bond acceptors (Lipinski definition) is 5. The molecular formula is C13H20N4O2. The topological polar surface area (TPSA) is 82.2 Å². The van der Waals surface area contributed by atoms with Gasteiger partial charge in [-0.3, -0.25) is 0 Å². The quantitative estimate of drug-likeness (QED) is 0.812. The summed E-state index contributed by atoms with van der Waals surface area (Å²) in [6.45, 7) is 0. The van der Waals surface area contributed by atoms with Crippen molar-refractivity contribution >= 4 is 17.6 Å². The third-order valence-electron chi connectivity index (χ3n) is 3.93. The van der Waals surface area contributed by atoms with E-state index in [2.05, 4.69) is 10.4 Å². The molecule has 0 aliphatic heterocycles. The molecule has 0 atom stereocenters. The van der Waals surface area contributed by atoms with Gasteiger partial charge in [0.25, 0.3) is 0 Å². The lowest BCUT2D eigenvalue weighted by Crippen LogP contribution is -2.12. The Hall–Kier alpha value is -1.72. The van der Waals surface area contributed by atoms with E-state index in [4.69, 9.17) is 10.5 Å². The van der Waals surface area contributed by atoms with E-state index in [-0.39, 0.29) is 0 Å². The highest BCUT2D eigenvalue weighted by molar-refractivity contribution is 5.99. The summed E-state index contributed by atoms with van der Waals surface area (Å²) in [5.74, 6) is 0.602. The van der Waals surface area contributed by atoms with Crippen molar-refractivity contribution < 1.29 is 9.53 Å². The molecule has 0 radical (unpaired) electrons. The van der Waals surface area contributed by atoms with Gasteiger partial charge < -0.3 is 15.8 Å². The van der Waals surface area contributed by atoms with E-state index < -0.39 is 5.97 Å². The summed E-state index contributed by atoms with van der Waals surface area (Å²) in [5.41, 5.74) is 6.51. The third-order valence-corrected chi connectivity index (χ3v) is 3.93. The molecule has 2 fully saturated rings. The van der Waals surface area contributed by atoms with Crippen LogP contribution in [-0.2, 0) is 4.74 Å². The first-order valence-corrected chi connectivity index (χ1v) is 6.93. The average Bonchev–Trinajstić information content (AvgIpc) is 2.94. The van der Waals surface area contributed by atoms with Crippen molar-refractivity contribution in [1.29, 1.82) is 0 Å². The highest BCUT2D eigenvalue weighted by Crippen LogP contribution is 2.35. The van der Waals surface area contributed by atoms with Gasteiger partial charge in [0.05, 0.1) is 13.2 Å². The largest absolute Gasteiger partial charge is 0.465 e. The predicted molar refractivity (Wildman–Crippen MR) is 72.1 cm³/mol.